The first-order valence-corrected chi connectivity index (χ1v) is 9.06. The maximum absolute atomic E-state index is 12.9. The first-order chi connectivity index (χ1) is 13.6. The number of carbonyl (C=O) groups excluding carboxylic acids is 1. The molecule has 1 aromatic heterocycles. The number of aromatic nitrogens is 2. The first-order valence-electron chi connectivity index (χ1n) is 9.06. The minimum atomic E-state index is -0.313. The smallest absolute Gasteiger partial charge is 0.315 e. The predicted octanol–water partition coefficient (Wildman–Crippen LogP) is 3.34. The molecule has 146 valence electrons. The molecule has 3 rings (SSSR count). The third kappa shape index (κ3) is 6.12. The zero-order valence-corrected chi connectivity index (χ0v) is 15.6. The lowest BCUT2D eigenvalue weighted by Gasteiger charge is -2.16. The van der Waals surface area contributed by atoms with Gasteiger partial charge in [-0.15, -0.1) is 0 Å². The molecule has 0 saturated heterocycles. The van der Waals surface area contributed by atoms with Crippen molar-refractivity contribution < 1.29 is 13.9 Å². The molecule has 7 heteroatoms. The normalized spacial score (nSPS) is 11.6. The zero-order chi connectivity index (χ0) is 19.8. The summed E-state index contributed by atoms with van der Waals surface area (Å²) in [5.41, 5.74) is 2.15. The summed E-state index contributed by atoms with van der Waals surface area (Å²) in [6.07, 6.45) is 3.67. The van der Waals surface area contributed by atoms with Crippen LogP contribution in [-0.4, -0.2) is 28.5 Å². The molecular formula is C21H23FN4O2. The molecule has 2 amide bonds. The summed E-state index contributed by atoms with van der Waals surface area (Å²) in [6.45, 7) is 3.28. The fraction of sp³-hybridized carbons (Fsp3) is 0.238. The van der Waals surface area contributed by atoms with Crippen LogP contribution in [0.15, 0.2) is 67.0 Å². The van der Waals surface area contributed by atoms with Crippen LogP contribution >= 0.6 is 0 Å². The summed E-state index contributed by atoms with van der Waals surface area (Å²) >= 11 is 0. The quantitative estimate of drug-likeness (QED) is 0.628. The number of benzene rings is 2. The van der Waals surface area contributed by atoms with Crippen molar-refractivity contribution >= 4 is 6.03 Å². The lowest BCUT2D eigenvalue weighted by molar-refractivity contribution is 0.226. The first kappa shape index (κ1) is 19.4. The lowest BCUT2D eigenvalue weighted by atomic mass is 10.1. The molecule has 1 atom stereocenters. The van der Waals surface area contributed by atoms with Gasteiger partial charge >= 0.3 is 6.03 Å². The minimum absolute atomic E-state index is 0.193. The van der Waals surface area contributed by atoms with E-state index in [9.17, 15) is 9.18 Å². The summed E-state index contributed by atoms with van der Waals surface area (Å²) in [5, 5.41) is 9.82. The zero-order valence-electron chi connectivity index (χ0n) is 15.6. The van der Waals surface area contributed by atoms with Crippen LogP contribution in [0.25, 0.3) is 0 Å². The predicted molar refractivity (Wildman–Crippen MR) is 104 cm³/mol. The van der Waals surface area contributed by atoms with Gasteiger partial charge in [-0.2, -0.15) is 5.10 Å². The molecular weight excluding hydrogens is 359 g/mol. The molecule has 6 nitrogen and oxygen atoms in total. The van der Waals surface area contributed by atoms with E-state index in [-0.39, 0.29) is 17.9 Å². The number of halogens is 1. The molecule has 0 aliphatic carbocycles. The van der Waals surface area contributed by atoms with E-state index in [1.807, 2.05) is 48.1 Å². The van der Waals surface area contributed by atoms with Crippen LogP contribution in [0.5, 0.6) is 5.75 Å². The van der Waals surface area contributed by atoms with Gasteiger partial charge in [0.05, 0.1) is 12.6 Å². The van der Waals surface area contributed by atoms with Gasteiger partial charge in [0.1, 0.15) is 18.2 Å². The van der Waals surface area contributed by atoms with Gasteiger partial charge in [0.25, 0.3) is 0 Å². The van der Waals surface area contributed by atoms with E-state index in [0.717, 1.165) is 11.1 Å². The molecule has 0 aliphatic heterocycles. The average Bonchev–Trinajstić information content (AvgIpc) is 3.20. The maximum Gasteiger partial charge on any atom is 0.315 e. The Hall–Kier alpha value is -3.35. The van der Waals surface area contributed by atoms with E-state index >= 15 is 0 Å². The van der Waals surface area contributed by atoms with Gasteiger partial charge in [-0.25, -0.2) is 9.18 Å². The number of rotatable bonds is 8. The van der Waals surface area contributed by atoms with Crippen LogP contribution in [0.3, 0.4) is 0 Å². The number of nitrogens with zero attached hydrogens (tertiary/aromatic N) is 2. The molecule has 0 bridgehead atoms. The highest BCUT2D eigenvalue weighted by Crippen LogP contribution is 2.11. The van der Waals surface area contributed by atoms with Crippen molar-refractivity contribution in [3.8, 4) is 5.75 Å². The molecule has 0 fully saturated rings. The fourth-order valence-electron chi connectivity index (χ4n) is 2.59. The number of nitrogens with one attached hydrogen (secondary N) is 2. The Labute approximate surface area is 163 Å². The van der Waals surface area contributed by atoms with Gasteiger partial charge in [0, 0.05) is 18.9 Å². The Bertz CT molecular complexity index is 864. The third-order valence-electron chi connectivity index (χ3n) is 4.07. The van der Waals surface area contributed by atoms with Crippen molar-refractivity contribution in [3.05, 3.63) is 83.9 Å². The molecule has 0 radical (unpaired) electrons. The van der Waals surface area contributed by atoms with Crippen molar-refractivity contribution in [1.29, 1.82) is 0 Å². The SMILES string of the molecule is CC(COc1ccc(F)cc1)NC(=O)NCc1ccc(Cn2cccn2)cc1. The highest BCUT2D eigenvalue weighted by molar-refractivity contribution is 5.74. The lowest BCUT2D eigenvalue weighted by Crippen LogP contribution is -2.42. The van der Waals surface area contributed by atoms with E-state index < -0.39 is 0 Å². The standard InChI is InChI=1S/C21H23FN4O2/c1-16(15-28-20-9-7-19(22)8-10-20)25-21(27)23-13-17-3-5-18(6-4-17)14-26-12-2-11-24-26/h2-12,16H,13-15H2,1H3,(H2,23,25,27). The van der Waals surface area contributed by atoms with Gasteiger partial charge < -0.3 is 15.4 Å². The second-order valence-electron chi connectivity index (χ2n) is 6.51. The number of hydrogen-bond acceptors (Lipinski definition) is 3. The Morgan fingerprint density at radius 3 is 2.54 bits per heavy atom. The molecule has 1 unspecified atom stereocenters. The van der Waals surface area contributed by atoms with E-state index in [0.29, 0.717) is 25.4 Å². The second-order valence-corrected chi connectivity index (χ2v) is 6.51. The Balaban J connectivity index is 1.37. The molecule has 2 N–H and O–H groups in total. The largest absolute Gasteiger partial charge is 0.491 e. The topological polar surface area (TPSA) is 68.2 Å². The molecule has 1 heterocycles. The monoisotopic (exact) mass is 382 g/mol. The van der Waals surface area contributed by atoms with Crippen LogP contribution in [0, 0.1) is 5.82 Å². The second kappa shape index (κ2) is 9.55. The van der Waals surface area contributed by atoms with E-state index in [4.69, 9.17) is 4.74 Å². The number of carbonyl (C=O) groups is 1. The van der Waals surface area contributed by atoms with Crippen molar-refractivity contribution in [2.75, 3.05) is 6.61 Å². The van der Waals surface area contributed by atoms with Gasteiger partial charge in [-0.1, -0.05) is 24.3 Å². The van der Waals surface area contributed by atoms with Crippen LogP contribution in [0.1, 0.15) is 18.1 Å². The van der Waals surface area contributed by atoms with Gasteiger partial charge in [0.15, 0.2) is 0 Å². The van der Waals surface area contributed by atoms with Crippen molar-refractivity contribution in [1.82, 2.24) is 20.4 Å². The molecule has 28 heavy (non-hydrogen) atoms. The molecule has 2 aromatic carbocycles. The highest BCUT2D eigenvalue weighted by atomic mass is 19.1. The molecule has 0 saturated carbocycles. The minimum Gasteiger partial charge on any atom is -0.491 e. The van der Waals surface area contributed by atoms with Crippen molar-refractivity contribution in [2.45, 2.75) is 26.1 Å². The van der Waals surface area contributed by atoms with Crippen molar-refractivity contribution in [2.24, 2.45) is 0 Å². The Kier molecular flexibility index (Phi) is 6.62. The molecule has 0 aliphatic rings. The summed E-state index contributed by atoms with van der Waals surface area (Å²) in [4.78, 5) is 12.0. The van der Waals surface area contributed by atoms with Crippen LogP contribution in [-0.2, 0) is 13.1 Å². The van der Waals surface area contributed by atoms with Gasteiger partial charge in [-0.05, 0) is 48.4 Å². The van der Waals surface area contributed by atoms with Gasteiger partial charge in [0.2, 0.25) is 0 Å². The number of amides is 2. The number of urea groups is 1. The molecule has 3 aromatic rings. The molecule has 0 spiro atoms. The Morgan fingerprint density at radius 1 is 1.14 bits per heavy atom. The highest BCUT2D eigenvalue weighted by Gasteiger charge is 2.08. The average molecular weight is 382 g/mol. The summed E-state index contributed by atoms with van der Waals surface area (Å²) < 4.78 is 20.2. The van der Waals surface area contributed by atoms with Crippen molar-refractivity contribution in [3.63, 3.8) is 0 Å². The number of hydrogen-bond donors (Lipinski definition) is 2. The maximum atomic E-state index is 12.9. The van der Waals surface area contributed by atoms with E-state index in [2.05, 4.69) is 15.7 Å². The van der Waals surface area contributed by atoms with Crippen LogP contribution in [0.2, 0.25) is 0 Å². The fourth-order valence-corrected chi connectivity index (χ4v) is 2.59. The summed E-state index contributed by atoms with van der Waals surface area (Å²) in [6, 6.07) is 15.2. The van der Waals surface area contributed by atoms with E-state index in [1.54, 1.807) is 18.3 Å². The number of ether oxygens (including phenoxy) is 1. The summed E-state index contributed by atoms with van der Waals surface area (Å²) in [5.74, 6) is 0.248. The summed E-state index contributed by atoms with van der Waals surface area (Å²) in [7, 11) is 0. The van der Waals surface area contributed by atoms with E-state index in [1.165, 1.54) is 12.1 Å². The third-order valence-corrected chi connectivity index (χ3v) is 4.07. The van der Waals surface area contributed by atoms with Gasteiger partial charge in [-0.3, -0.25) is 4.68 Å². The Morgan fingerprint density at radius 2 is 1.86 bits per heavy atom. The van der Waals surface area contributed by atoms with Crippen LogP contribution in [0.4, 0.5) is 9.18 Å². The van der Waals surface area contributed by atoms with Crippen LogP contribution < -0.4 is 15.4 Å².